The Morgan fingerprint density at radius 1 is 1.20 bits per heavy atom. The van der Waals surface area contributed by atoms with Gasteiger partial charge in [0, 0.05) is 0 Å². The van der Waals surface area contributed by atoms with E-state index in [1.54, 1.807) is 0 Å². The second-order valence-corrected chi connectivity index (χ2v) is 10.2. The molecule has 1 aliphatic rings. The summed E-state index contributed by atoms with van der Waals surface area (Å²) in [5.74, 6) is -0.114. The SMILES string of the molecule is Nc1nc(Cl)c2ncn([C@H]3CO[C@@H](COP(=O)(O)OP(=O)(O)OP(=O)(O)O)O3)c2n1. The lowest BCUT2D eigenvalue weighted by Crippen LogP contribution is -2.17. The quantitative estimate of drug-likeness (QED) is 0.235. The first-order chi connectivity index (χ1) is 13.7. The van der Waals surface area contributed by atoms with E-state index in [-0.39, 0.29) is 28.9 Å². The molecule has 0 aliphatic carbocycles. The van der Waals surface area contributed by atoms with Gasteiger partial charge in [0.25, 0.3) is 0 Å². The highest BCUT2D eigenvalue weighted by Crippen LogP contribution is 2.66. The first-order valence-electron chi connectivity index (χ1n) is 7.46. The fraction of sp³-hybridized carbons (Fsp3) is 0.444. The summed E-state index contributed by atoms with van der Waals surface area (Å²) in [6.45, 7) is -0.859. The lowest BCUT2D eigenvalue weighted by molar-refractivity contribution is -0.0961. The first kappa shape index (κ1) is 23.6. The predicted octanol–water partition coefficient (Wildman–Crippen LogP) is 0.277. The minimum Gasteiger partial charge on any atom is -0.368 e. The van der Waals surface area contributed by atoms with E-state index in [9.17, 15) is 18.6 Å². The Bertz CT molecular complexity index is 1090. The van der Waals surface area contributed by atoms with Crippen molar-refractivity contribution in [2.45, 2.75) is 12.5 Å². The normalized spacial score (nSPS) is 24.0. The molecule has 1 aliphatic heterocycles. The number of hydrogen-bond donors (Lipinski definition) is 5. The molecule has 30 heavy (non-hydrogen) atoms. The van der Waals surface area contributed by atoms with Crippen LogP contribution in [0.5, 0.6) is 0 Å². The molecule has 6 N–H and O–H groups in total. The molecular formula is C9H13ClN5O12P3. The molecule has 2 aromatic rings. The molecule has 0 saturated carbocycles. The second kappa shape index (κ2) is 8.48. The molecular weight excluding hydrogens is 498 g/mol. The molecule has 3 heterocycles. The van der Waals surface area contributed by atoms with Crippen molar-refractivity contribution in [2.75, 3.05) is 18.9 Å². The first-order valence-corrected chi connectivity index (χ1v) is 12.4. The molecule has 21 heteroatoms. The molecule has 3 rings (SSSR count). The van der Waals surface area contributed by atoms with E-state index < -0.39 is 42.6 Å². The number of imidazole rings is 1. The van der Waals surface area contributed by atoms with Gasteiger partial charge in [-0.1, -0.05) is 11.6 Å². The van der Waals surface area contributed by atoms with Gasteiger partial charge in [-0.05, 0) is 0 Å². The summed E-state index contributed by atoms with van der Waals surface area (Å²) in [4.78, 5) is 47.2. The van der Waals surface area contributed by atoms with Crippen molar-refractivity contribution in [1.82, 2.24) is 19.5 Å². The van der Waals surface area contributed by atoms with Crippen LogP contribution in [0, 0.1) is 0 Å². The Labute approximate surface area is 171 Å². The molecule has 0 bridgehead atoms. The number of ether oxygens (including phenoxy) is 2. The smallest absolute Gasteiger partial charge is 0.368 e. The highest BCUT2D eigenvalue weighted by atomic mass is 35.5. The Balaban J connectivity index is 1.61. The molecule has 0 radical (unpaired) electrons. The van der Waals surface area contributed by atoms with Gasteiger partial charge in [-0.25, -0.2) is 18.7 Å². The van der Waals surface area contributed by atoms with Crippen LogP contribution in [0.25, 0.3) is 11.2 Å². The maximum atomic E-state index is 11.7. The monoisotopic (exact) mass is 511 g/mol. The number of nitrogens with two attached hydrogens (primary N) is 1. The molecule has 0 spiro atoms. The standard InChI is InChI=1S/C9H13ClN5O12P3/c10-7-6-8(14-9(11)13-7)15(3-12-6)4-1-23-5(25-4)2-24-29(19,20)27-30(21,22)26-28(16,17)18/h3-5H,1-2H2,(H,19,20)(H,21,22)(H2,11,13,14)(H2,16,17,18)/t4-,5-/m1/s1. The molecule has 0 amide bonds. The number of halogens is 1. The number of aromatic nitrogens is 4. The summed E-state index contributed by atoms with van der Waals surface area (Å²) in [5.41, 5.74) is 6.02. The highest BCUT2D eigenvalue weighted by molar-refractivity contribution is 7.66. The number of phosphoric ester groups is 1. The average molecular weight is 512 g/mol. The van der Waals surface area contributed by atoms with Gasteiger partial charge < -0.3 is 34.8 Å². The van der Waals surface area contributed by atoms with Gasteiger partial charge in [0.1, 0.15) is 12.1 Å². The Kier molecular flexibility index (Phi) is 6.68. The van der Waals surface area contributed by atoms with Crippen molar-refractivity contribution >= 4 is 52.2 Å². The third kappa shape index (κ3) is 6.02. The summed E-state index contributed by atoms with van der Waals surface area (Å²) in [6, 6.07) is 0. The van der Waals surface area contributed by atoms with Gasteiger partial charge in [0.05, 0.1) is 12.9 Å². The van der Waals surface area contributed by atoms with Gasteiger partial charge >= 0.3 is 23.5 Å². The predicted molar refractivity (Wildman–Crippen MR) is 94.4 cm³/mol. The van der Waals surface area contributed by atoms with Crippen molar-refractivity contribution in [1.29, 1.82) is 0 Å². The van der Waals surface area contributed by atoms with Crippen molar-refractivity contribution in [3.63, 3.8) is 0 Å². The lowest BCUT2D eigenvalue weighted by atomic mass is 10.5. The third-order valence-corrected chi connectivity index (χ3v) is 7.30. The minimum atomic E-state index is -5.62. The molecule has 168 valence electrons. The topological polar surface area (TPSA) is 248 Å². The highest BCUT2D eigenvalue weighted by Gasteiger charge is 2.41. The minimum absolute atomic E-state index is 0.0133. The molecule has 1 fully saturated rings. The van der Waals surface area contributed by atoms with Gasteiger partial charge in [0.2, 0.25) is 5.95 Å². The van der Waals surface area contributed by atoms with E-state index in [4.69, 9.17) is 41.5 Å². The Morgan fingerprint density at radius 3 is 2.57 bits per heavy atom. The second-order valence-electron chi connectivity index (χ2n) is 5.44. The summed E-state index contributed by atoms with van der Waals surface area (Å²) >= 11 is 5.93. The number of phosphoric acid groups is 3. The van der Waals surface area contributed by atoms with Crippen LogP contribution in [0.3, 0.4) is 0 Å². The van der Waals surface area contributed by atoms with E-state index in [1.807, 2.05) is 0 Å². The van der Waals surface area contributed by atoms with Crippen molar-refractivity contribution < 1.29 is 55.9 Å². The summed E-state index contributed by atoms with van der Waals surface area (Å²) in [6.07, 6.45) is -0.745. The zero-order valence-corrected chi connectivity index (χ0v) is 17.7. The van der Waals surface area contributed by atoms with Crippen LogP contribution in [0.15, 0.2) is 6.33 Å². The van der Waals surface area contributed by atoms with Crippen LogP contribution in [0.1, 0.15) is 6.23 Å². The molecule has 17 nitrogen and oxygen atoms in total. The van der Waals surface area contributed by atoms with Crippen LogP contribution in [-0.4, -0.2) is 58.6 Å². The Morgan fingerprint density at radius 2 is 1.90 bits per heavy atom. The van der Waals surface area contributed by atoms with Crippen molar-refractivity contribution in [3.8, 4) is 0 Å². The third-order valence-electron chi connectivity index (χ3n) is 3.23. The van der Waals surface area contributed by atoms with Gasteiger partial charge in [0.15, 0.2) is 23.3 Å². The van der Waals surface area contributed by atoms with E-state index in [2.05, 4.69) is 28.1 Å². The van der Waals surface area contributed by atoms with Gasteiger partial charge in [-0.2, -0.15) is 18.6 Å². The van der Waals surface area contributed by atoms with Gasteiger partial charge in [-0.15, -0.1) is 0 Å². The van der Waals surface area contributed by atoms with E-state index in [0.29, 0.717) is 0 Å². The fourth-order valence-electron chi connectivity index (χ4n) is 2.24. The molecule has 2 unspecified atom stereocenters. The van der Waals surface area contributed by atoms with Crippen LogP contribution >= 0.6 is 35.1 Å². The lowest BCUT2D eigenvalue weighted by Gasteiger charge is -2.17. The number of nitrogens with zero attached hydrogens (tertiary/aromatic N) is 4. The Hall–Kier alpha value is -1.03. The largest absolute Gasteiger partial charge is 0.490 e. The van der Waals surface area contributed by atoms with E-state index >= 15 is 0 Å². The van der Waals surface area contributed by atoms with Crippen LogP contribution < -0.4 is 5.73 Å². The number of anilines is 1. The zero-order valence-electron chi connectivity index (χ0n) is 14.3. The van der Waals surface area contributed by atoms with E-state index in [0.717, 1.165) is 0 Å². The van der Waals surface area contributed by atoms with E-state index in [1.165, 1.54) is 10.9 Å². The van der Waals surface area contributed by atoms with Crippen LogP contribution in [-0.2, 0) is 36.3 Å². The molecule has 1 saturated heterocycles. The maximum absolute atomic E-state index is 11.7. The summed E-state index contributed by atoms with van der Waals surface area (Å²) in [7, 11) is -16.4. The molecule has 4 atom stereocenters. The maximum Gasteiger partial charge on any atom is 0.490 e. The summed E-state index contributed by atoms with van der Waals surface area (Å²) in [5, 5.41) is 0.0133. The van der Waals surface area contributed by atoms with Crippen molar-refractivity contribution in [2.24, 2.45) is 0 Å². The van der Waals surface area contributed by atoms with Crippen LogP contribution in [0.2, 0.25) is 5.15 Å². The fourth-order valence-corrected chi connectivity index (χ4v) is 5.47. The average Bonchev–Trinajstić information content (AvgIpc) is 3.15. The molecule has 0 aromatic carbocycles. The summed E-state index contributed by atoms with van der Waals surface area (Å²) < 4.78 is 57.3. The number of rotatable bonds is 8. The van der Waals surface area contributed by atoms with Gasteiger partial charge in [-0.3, -0.25) is 9.09 Å². The molecule has 2 aromatic heterocycles. The van der Waals surface area contributed by atoms with Crippen molar-refractivity contribution in [3.05, 3.63) is 11.5 Å². The number of hydrogen-bond acceptors (Lipinski definition) is 12. The number of nitrogen functional groups attached to an aromatic ring is 1. The van der Waals surface area contributed by atoms with Crippen LogP contribution in [0.4, 0.5) is 5.95 Å². The number of fused-ring (bicyclic) bond motifs is 1. The zero-order chi connectivity index (χ0) is 22.3.